The summed E-state index contributed by atoms with van der Waals surface area (Å²) in [6.45, 7) is 10.5. The zero-order chi connectivity index (χ0) is 35.1. The molecule has 0 radical (unpaired) electrons. The van der Waals surface area contributed by atoms with E-state index in [1.807, 2.05) is 18.2 Å². The van der Waals surface area contributed by atoms with Crippen LogP contribution in [0, 0.1) is 0 Å². The molecule has 0 aliphatic carbocycles. The summed E-state index contributed by atoms with van der Waals surface area (Å²) in [4.78, 5) is 56.7. The van der Waals surface area contributed by atoms with Gasteiger partial charge in [0.1, 0.15) is 16.5 Å². The lowest BCUT2D eigenvalue weighted by Crippen LogP contribution is -2.38. The molecular formula is C38H42N2O6S2. The van der Waals surface area contributed by atoms with Crippen LogP contribution in [0.3, 0.4) is 0 Å². The summed E-state index contributed by atoms with van der Waals surface area (Å²) >= 11 is 0. The molecule has 0 saturated heterocycles. The Labute approximate surface area is 287 Å². The third-order valence-electron chi connectivity index (χ3n) is 6.85. The van der Waals surface area contributed by atoms with E-state index in [9.17, 15) is 19.2 Å². The topological polar surface area (TPSA) is 125 Å². The number of hydrogen-bond acceptors (Lipinski definition) is 7. The number of ether oxygens (including phenoxy) is 2. The number of rotatable bonds is 10. The van der Waals surface area contributed by atoms with Gasteiger partial charge in [-0.15, -0.1) is 0 Å². The Bertz CT molecular complexity index is 1740. The highest BCUT2D eigenvalue weighted by Gasteiger charge is 2.49. The maximum atomic E-state index is 14.2. The molecule has 0 saturated carbocycles. The first kappa shape index (κ1) is 36.3. The molecule has 4 aromatic rings. The highest BCUT2D eigenvalue weighted by atomic mass is 33.2. The van der Waals surface area contributed by atoms with Crippen molar-refractivity contribution in [1.29, 1.82) is 0 Å². The number of nitrogens with one attached hydrogen (secondary N) is 1. The summed E-state index contributed by atoms with van der Waals surface area (Å²) < 4.78 is 11.6. The number of carbonyl (C=O) groups excluding carboxylic acids is 4. The maximum absolute atomic E-state index is 14.2. The molecular weight excluding hydrogens is 645 g/mol. The highest BCUT2D eigenvalue weighted by molar-refractivity contribution is 9.00. The SMILES string of the molecule is CC(C)(C)OC(=O)C(NC(=O)c1ccccc1SS(C(N)=O)(c1ccccc1)C(C(=O)OC(C)(C)C)c1ccccc1)c1ccccc1. The fourth-order valence-corrected chi connectivity index (χ4v) is 11.0. The average molecular weight is 687 g/mol. The summed E-state index contributed by atoms with van der Waals surface area (Å²) in [5.74, 6) is -1.81. The highest BCUT2D eigenvalue weighted by Crippen LogP contribution is 2.76. The summed E-state index contributed by atoms with van der Waals surface area (Å²) in [7, 11) is -2.00. The number of benzene rings is 4. The quantitative estimate of drug-likeness (QED) is 0.127. The molecule has 0 bridgehead atoms. The van der Waals surface area contributed by atoms with E-state index in [2.05, 4.69) is 5.32 Å². The first-order valence-corrected chi connectivity index (χ1v) is 18.5. The summed E-state index contributed by atoms with van der Waals surface area (Å²) in [5.41, 5.74) is 6.01. The molecule has 0 fully saturated rings. The predicted molar refractivity (Wildman–Crippen MR) is 192 cm³/mol. The molecule has 8 nitrogen and oxygen atoms in total. The number of hydrogen-bond donors (Lipinski definition) is 2. The van der Waals surface area contributed by atoms with Crippen LogP contribution < -0.4 is 11.1 Å². The largest absolute Gasteiger partial charge is 0.459 e. The van der Waals surface area contributed by atoms with Gasteiger partial charge in [0.15, 0.2) is 6.04 Å². The Morgan fingerprint density at radius 1 is 0.646 bits per heavy atom. The second kappa shape index (κ2) is 15.1. The Kier molecular flexibility index (Phi) is 11.4. The average Bonchev–Trinajstić information content (AvgIpc) is 3.03. The van der Waals surface area contributed by atoms with Gasteiger partial charge >= 0.3 is 11.9 Å². The van der Waals surface area contributed by atoms with E-state index >= 15 is 0 Å². The van der Waals surface area contributed by atoms with Crippen LogP contribution in [-0.2, 0) is 19.1 Å². The van der Waals surface area contributed by atoms with Crippen molar-refractivity contribution in [1.82, 2.24) is 5.32 Å². The molecule has 3 unspecified atom stereocenters. The fraction of sp³-hybridized carbons (Fsp3) is 0.263. The van der Waals surface area contributed by atoms with Gasteiger partial charge in [-0.05, 0) is 76.9 Å². The Morgan fingerprint density at radius 2 is 1.10 bits per heavy atom. The van der Waals surface area contributed by atoms with E-state index in [4.69, 9.17) is 15.2 Å². The minimum absolute atomic E-state index is 0.192. The summed E-state index contributed by atoms with van der Waals surface area (Å²) in [5, 5.41) is 1.01. The Hall–Kier alpha value is -4.54. The Morgan fingerprint density at radius 3 is 1.62 bits per heavy atom. The lowest BCUT2D eigenvalue weighted by atomic mass is 10.1. The molecule has 0 spiro atoms. The minimum Gasteiger partial charge on any atom is -0.459 e. The molecule has 0 aromatic heterocycles. The van der Waals surface area contributed by atoms with Crippen molar-refractivity contribution in [3.05, 3.63) is 132 Å². The molecule has 3 atom stereocenters. The molecule has 4 rings (SSSR count). The minimum atomic E-state index is -3.08. The molecule has 10 heteroatoms. The normalized spacial score (nSPS) is 14.8. The molecule has 3 N–H and O–H groups in total. The number of carbonyl (C=O) groups is 4. The van der Waals surface area contributed by atoms with Gasteiger partial charge in [0, 0.05) is 9.79 Å². The smallest absolute Gasteiger partial charge is 0.333 e. The van der Waals surface area contributed by atoms with Crippen molar-refractivity contribution in [2.24, 2.45) is 5.73 Å². The number of amides is 2. The molecule has 2 amide bonds. The van der Waals surface area contributed by atoms with E-state index in [-0.39, 0.29) is 5.56 Å². The van der Waals surface area contributed by atoms with Gasteiger partial charge in [0.2, 0.25) is 0 Å². The maximum Gasteiger partial charge on any atom is 0.333 e. The van der Waals surface area contributed by atoms with E-state index in [1.54, 1.807) is 139 Å². The fourth-order valence-electron chi connectivity index (χ4n) is 4.94. The third-order valence-corrected chi connectivity index (χ3v) is 13.3. The van der Waals surface area contributed by atoms with Gasteiger partial charge in [0.25, 0.3) is 11.1 Å². The van der Waals surface area contributed by atoms with Gasteiger partial charge in [0.05, 0.1) is 5.56 Å². The van der Waals surface area contributed by atoms with Gasteiger partial charge < -0.3 is 20.5 Å². The lowest BCUT2D eigenvalue weighted by Gasteiger charge is -2.42. The standard InChI is InChI=1S/C38H42N2O6S2/c1-37(2,3)45-34(42)31(26-18-10-7-11-19-26)40-33(41)29-24-16-17-25-30(29)47-48(36(39)44,28-22-14-9-15-23-28)32(27-20-12-8-13-21-27)35(43)46-38(4,5)6/h7-25,31-32H,1-6H3,(H2,39,44)(H,40,41). The molecule has 0 heterocycles. The third kappa shape index (κ3) is 8.87. The molecule has 252 valence electrons. The van der Waals surface area contributed by atoms with Gasteiger partial charge in [-0.2, -0.15) is 0 Å². The van der Waals surface area contributed by atoms with Crippen LogP contribution in [0.4, 0.5) is 4.79 Å². The zero-order valence-corrected chi connectivity index (χ0v) is 29.6. The first-order chi connectivity index (χ1) is 22.6. The number of esters is 2. The Balaban J connectivity index is 1.87. The van der Waals surface area contributed by atoms with Crippen LogP contribution >= 0.6 is 19.9 Å². The molecule has 4 aromatic carbocycles. The number of nitrogens with two attached hydrogens (primary N) is 1. The van der Waals surface area contributed by atoms with Crippen LogP contribution in [0.15, 0.2) is 125 Å². The van der Waals surface area contributed by atoms with Crippen LogP contribution in [0.5, 0.6) is 0 Å². The molecule has 0 aliphatic rings. The van der Waals surface area contributed by atoms with Gasteiger partial charge in [-0.3, -0.25) is 14.4 Å². The second-order valence-electron chi connectivity index (χ2n) is 13.0. The predicted octanol–water partition coefficient (Wildman–Crippen LogP) is 8.53. The van der Waals surface area contributed by atoms with Gasteiger partial charge in [-0.25, -0.2) is 4.79 Å². The van der Waals surface area contributed by atoms with Crippen molar-refractivity contribution in [2.75, 3.05) is 0 Å². The van der Waals surface area contributed by atoms with Crippen LogP contribution in [0.2, 0.25) is 0 Å². The van der Waals surface area contributed by atoms with Crippen molar-refractivity contribution in [3.8, 4) is 0 Å². The van der Waals surface area contributed by atoms with Crippen LogP contribution in [0.1, 0.15) is 74.3 Å². The van der Waals surface area contributed by atoms with Crippen molar-refractivity contribution in [2.45, 2.75) is 73.8 Å². The zero-order valence-electron chi connectivity index (χ0n) is 28.0. The van der Waals surface area contributed by atoms with Crippen molar-refractivity contribution in [3.63, 3.8) is 0 Å². The van der Waals surface area contributed by atoms with Crippen LogP contribution in [-0.4, -0.2) is 34.3 Å². The van der Waals surface area contributed by atoms with Crippen molar-refractivity contribution >= 4 is 42.9 Å². The number of primary amides is 1. The first-order valence-electron chi connectivity index (χ1n) is 15.4. The summed E-state index contributed by atoms with van der Waals surface area (Å²) in [6.07, 6.45) is 0. The van der Waals surface area contributed by atoms with Crippen molar-refractivity contribution < 1.29 is 28.7 Å². The second-order valence-corrected chi connectivity index (χ2v) is 18.2. The van der Waals surface area contributed by atoms with Crippen LogP contribution in [0.25, 0.3) is 0 Å². The molecule has 0 aliphatic heterocycles. The summed E-state index contributed by atoms with van der Waals surface area (Å²) in [6, 6.07) is 32.3. The monoisotopic (exact) mass is 686 g/mol. The van der Waals surface area contributed by atoms with E-state index in [0.717, 1.165) is 10.8 Å². The van der Waals surface area contributed by atoms with E-state index in [1.165, 1.54) is 0 Å². The molecule has 48 heavy (non-hydrogen) atoms. The van der Waals surface area contributed by atoms with E-state index < -0.39 is 54.6 Å². The van der Waals surface area contributed by atoms with E-state index in [0.29, 0.717) is 20.9 Å². The lowest BCUT2D eigenvalue weighted by molar-refractivity contribution is -0.157. The van der Waals surface area contributed by atoms with Gasteiger partial charge in [-0.1, -0.05) is 111 Å².